The molecule has 0 aliphatic rings. The van der Waals surface area contributed by atoms with Crippen molar-refractivity contribution in [3.63, 3.8) is 0 Å². The van der Waals surface area contributed by atoms with Crippen LogP contribution in [-0.4, -0.2) is 42.3 Å². The van der Waals surface area contributed by atoms with Gasteiger partial charge in [-0.3, -0.25) is 9.36 Å². The van der Waals surface area contributed by atoms with Gasteiger partial charge in [0, 0.05) is 25.7 Å². The first kappa shape index (κ1) is 23.0. The van der Waals surface area contributed by atoms with Crippen LogP contribution in [0.25, 0.3) is 5.69 Å². The van der Waals surface area contributed by atoms with E-state index in [4.69, 9.17) is 0 Å². The highest BCUT2D eigenvalue weighted by molar-refractivity contribution is 5.59. The molecule has 2 aromatic heterocycles. The van der Waals surface area contributed by atoms with Crippen molar-refractivity contribution in [2.45, 2.75) is 19.9 Å². The van der Waals surface area contributed by atoms with Crippen molar-refractivity contribution < 1.29 is 9.67 Å². The van der Waals surface area contributed by atoms with Gasteiger partial charge in [-0.15, -0.1) is 5.11 Å². The number of benzene rings is 1. The van der Waals surface area contributed by atoms with Crippen molar-refractivity contribution in [3.8, 4) is 11.6 Å². The van der Waals surface area contributed by atoms with Crippen LogP contribution < -0.4 is 10.1 Å². The predicted molar refractivity (Wildman–Crippen MR) is 123 cm³/mol. The Morgan fingerprint density at radius 2 is 1.72 bits per heavy atom. The molecule has 0 bridgehead atoms. The van der Waals surface area contributed by atoms with Crippen molar-refractivity contribution in [2.24, 2.45) is 20.5 Å². The molecular formula is C23H28N7O2+. The first-order valence-electron chi connectivity index (χ1n) is 10.3. The van der Waals surface area contributed by atoms with Gasteiger partial charge in [-0.05, 0) is 52.2 Å². The van der Waals surface area contributed by atoms with Crippen LogP contribution in [0.2, 0.25) is 0 Å². The Morgan fingerprint density at radius 1 is 1.03 bits per heavy atom. The van der Waals surface area contributed by atoms with E-state index < -0.39 is 0 Å². The molecule has 0 spiro atoms. The molecule has 3 aromatic rings. The molecule has 0 fully saturated rings. The van der Waals surface area contributed by atoms with Crippen LogP contribution in [-0.2, 0) is 6.54 Å². The second kappa shape index (κ2) is 10.5. The number of azo groups is 2. The van der Waals surface area contributed by atoms with E-state index in [1.54, 1.807) is 49.1 Å². The Balaban J connectivity index is 2.12. The van der Waals surface area contributed by atoms with E-state index in [1.807, 2.05) is 43.3 Å². The second-order valence-electron chi connectivity index (χ2n) is 7.56. The van der Waals surface area contributed by atoms with E-state index >= 15 is 0 Å². The standard InChI is InChI=1S/C23H27N7O2/c1-17-20(27-26-19-11-8-10-18(16-19)25-24-2)22(31)30(15-9-12-28(3)4)23(32)21(17)29-13-6-5-7-14-29/h5-8,10-11,13-14,16H,9,12,15H2,1-4H3/p+1. The fraction of sp³-hybridized carbons (Fsp3) is 0.304. The zero-order valence-corrected chi connectivity index (χ0v) is 18.8. The van der Waals surface area contributed by atoms with Gasteiger partial charge in [-0.25, -0.2) is 0 Å². The van der Waals surface area contributed by atoms with Crippen LogP contribution in [0.5, 0.6) is 5.88 Å². The fourth-order valence-corrected chi connectivity index (χ4v) is 3.36. The first-order valence-corrected chi connectivity index (χ1v) is 10.3. The molecule has 0 radical (unpaired) electrons. The van der Waals surface area contributed by atoms with Crippen molar-refractivity contribution in [1.82, 2.24) is 9.47 Å². The average molecular weight is 435 g/mol. The summed E-state index contributed by atoms with van der Waals surface area (Å²) in [6.07, 6.45) is 4.29. The van der Waals surface area contributed by atoms with Crippen molar-refractivity contribution in [1.29, 1.82) is 0 Å². The maximum atomic E-state index is 13.3. The zero-order valence-electron chi connectivity index (χ0n) is 18.8. The Kier molecular flexibility index (Phi) is 7.56. The van der Waals surface area contributed by atoms with Crippen LogP contribution in [0.4, 0.5) is 17.1 Å². The molecule has 0 aliphatic heterocycles. The molecule has 166 valence electrons. The third kappa shape index (κ3) is 5.30. The highest BCUT2D eigenvalue weighted by Crippen LogP contribution is 2.33. The highest BCUT2D eigenvalue weighted by atomic mass is 16.3. The Labute approximate surface area is 187 Å². The maximum Gasteiger partial charge on any atom is 0.326 e. The van der Waals surface area contributed by atoms with Gasteiger partial charge >= 0.3 is 5.56 Å². The Bertz CT molecular complexity index is 1180. The number of hydrogen-bond donors (Lipinski definition) is 1. The van der Waals surface area contributed by atoms with E-state index in [0.29, 0.717) is 35.6 Å². The van der Waals surface area contributed by atoms with Crippen LogP contribution in [0, 0.1) is 6.92 Å². The van der Waals surface area contributed by atoms with Gasteiger partial charge in [0.15, 0.2) is 18.1 Å². The van der Waals surface area contributed by atoms with Gasteiger partial charge in [0.05, 0.1) is 16.9 Å². The van der Waals surface area contributed by atoms with Crippen molar-refractivity contribution in [3.05, 3.63) is 70.8 Å². The predicted octanol–water partition coefficient (Wildman–Crippen LogP) is 4.22. The van der Waals surface area contributed by atoms with Gasteiger partial charge in [-0.1, -0.05) is 12.1 Å². The molecule has 2 heterocycles. The van der Waals surface area contributed by atoms with E-state index in [9.17, 15) is 9.90 Å². The summed E-state index contributed by atoms with van der Waals surface area (Å²) in [7, 11) is 5.53. The normalized spacial score (nSPS) is 11.8. The second-order valence-corrected chi connectivity index (χ2v) is 7.56. The fourth-order valence-electron chi connectivity index (χ4n) is 3.36. The molecule has 3 rings (SSSR count). The molecule has 1 aromatic carbocycles. The van der Waals surface area contributed by atoms with Crippen LogP contribution in [0.15, 0.2) is 80.1 Å². The topological polar surface area (TPSA) is 98.8 Å². The van der Waals surface area contributed by atoms with Gasteiger partial charge in [-0.2, -0.15) is 19.9 Å². The molecule has 9 heteroatoms. The molecule has 32 heavy (non-hydrogen) atoms. The summed E-state index contributed by atoms with van der Waals surface area (Å²) in [6.45, 7) is 2.90. The molecule has 0 aliphatic carbocycles. The molecule has 0 atom stereocenters. The number of rotatable bonds is 8. The van der Waals surface area contributed by atoms with Gasteiger partial charge in [0.1, 0.15) is 0 Å². The average Bonchev–Trinajstić information content (AvgIpc) is 2.77. The van der Waals surface area contributed by atoms with E-state index in [2.05, 4.69) is 20.5 Å². The lowest BCUT2D eigenvalue weighted by molar-refractivity contribution is -0.597. The number of hydrogen-bond acceptors (Lipinski definition) is 7. The molecular weight excluding hydrogens is 406 g/mol. The lowest BCUT2D eigenvalue weighted by Crippen LogP contribution is -2.40. The van der Waals surface area contributed by atoms with E-state index in [-0.39, 0.29) is 17.1 Å². The summed E-state index contributed by atoms with van der Waals surface area (Å²) in [6, 6.07) is 12.7. The summed E-state index contributed by atoms with van der Waals surface area (Å²) in [5.41, 5.74) is 2.16. The van der Waals surface area contributed by atoms with Crippen molar-refractivity contribution >= 4 is 17.1 Å². The SMILES string of the molecule is CN=Nc1cccc(N=Nc2c(C)c(-[n+]3ccccc3)c(=O)n(CCCN(C)C)c2O)c1. The van der Waals surface area contributed by atoms with E-state index in [0.717, 1.165) is 6.54 Å². The molecule has 0 unspecified atom stereocenters. The Morgan fingerprint density at radius 3 is 2.38 bits per heavy atom. The summed E-state index contributed by atoms with van der Waals surface area (Å²) in [4.78, 5) is 15.3. The number of nitrogens with zero attached hydrogens (tertiary/aromatic N) is 7. The van der Waals surface area contributed by atoms with Crippen LogP contribution in [0.1, 0.15) is 12.0 Å². The minimum atomic E-state index is -0.278. The quantitative estimate of drug-likeness (QED) is 0.424. The van der Waals surface area contributed by atoms with Gasteiger partial charge in [0.2, 0.25) is 5.88 Å². The van der Waals surface area contributed by atoms with Crippen molar-refractivity contribution in [2.75, 3.05) is 27.7 Å². The third-order valence-electron chi connectivity index (χ3n) is 4.90. The number of aromatic nitrogens is 2. The zero-order chi connectivity index (χ0) is 23.1. The third-order valence-corrected chi connectivity index (χ3v) is 4.90. The van der Waals surface area contributed by atoms with E-state index in [1.165, 1.54) is 4.57 Å². The Hall–Kier alpha value is -3.72. The summed E-state index contributed by atoms with van der Waals surface area (Å²) in [5, 5.41) is 27.3. The lowest BCUT2D eigenvalue weighted by Gasteiger charge is -2.14. The first-order chi connectivity index (χ1) is 15.4. The van der Waals surface area contributed by atoms with Crippen LogP contribution >= 0.6 is 0 Å². The van der Waals surface area contributed by atoms with Gasteiger partial charge < -0.3 is 10.0 Å². The largest absolute Gasteiger partial charge is 0.493 e. The molecule has 9 nitrogen and oxygen atoms in total. The van der Waals surface area contributed by atoms with Gasteiger partial charge in [0.25, 0.3) is 5.69 Å². The molecule has 0 saturated heterocycles. The maximum absolute atomic E-state index is 13.3. The minimum absolute atomic E-state index is 0.195. The van der Waals surface area contributed by atoms with Crippen LogP contribution in [0.3, 0.4) is 0 Å². The molecule has 1 N–H and O–H groups in total. The summed E-state index contributed by atoms with van der Waals surface area (Å²) in [5.74, 6) is -0.195. The molecule has 0 amide bonds. The smallest absolute Gasteiger partial charge is 0.326 e. The lowest BCUT2D eigenvalue weighted by atomic mass is 10.2. The monoisotopic (exact) mass is 434 g/mol. The number of aromatic hydroxyl groups is 1. The highest BCUT2D eigenvalue weighted by Gasteiger charge is 2.25. The summed E-state index contributed by atoms with van der Waals surface area (Å²) >= 11 is 0. The summed E-state index contributed by atoms with van der Waals surface area (Å²) < 4.78 is 3.10. The number of pyridine rings is 2. The minimum Gasteiger partial charge on any atom is -0.493 e. The molecule has 0 saturated carbocycles.